The first-order chi connectivity index (χ1) is 5.54. The largest absolute Gasteiger partial charge is 0.388 e. The highest BCUT2D eigenvalue weighted by atomic mass is 16.5. The van der Waals surface area contributed by atoms with Crippen molar-refractivity contribution < 1.29 is 20.1 Å². The minimum absolute atomic E-state index is 0.0983. The molecule has 1 fully saturated rings. The molecule has 1 rings (SSSR count). The second kappa shape index (κ2) is 3.70. The molecule has 0 aromatic rings. The molecule has 4 nitrogen and oxygen atoms in total. The van der Waals surface area contributed by atoms with Crippen LogP contribution in [0.2, 0.25) is 0 Å². The van der Waals surface area contributed by atoms with Crippen LogP contribution < -0.4 is 0 Å². The van der Waals surface area contributed by atoms with Crippen molar-refractivity contribution in [3.8, 4) is 0 Å². The molecule has 4 heteroatoms. The maximum absolute atomic E-state index is 9.44. The van der Waals surface area contributed by atoms with Crippen molar-refractivity contribution in [2.75, 3.05) is 6.61 Å². The maximum Gasteiger partial charge on any atom is 0.111 e. The van der Waals surface area contributed by atoms with E-state index >= 15 is 0 Å². The first-order valence-corrected chi connectivity index (χ1v) is 4.20. The van der Waals surface area contributed by atoms with Gasteiger partial charge in [-0.15, -0.1) is 0 Å². The first kappa shape index (κ1) is 9.92. The van der Waals surface area contributed by atoms with E-state index < -0.39 is 18.3 Å². The summed E-state index contributed by atoms with van der Waals surface area (Å²) in [5.41, 5.74) is 0. The van der Waals surface area contributed by atoms with Gasteiger partial charge in [-0.25, -0.2) is 0 Å². The number of aliphatic hydroxyl groups is 3. The Labute approximate surface area is 71.8 Å². The molecule has 3 N–H and O–H groups in total. The molecule has 0 aromatic heterocycles. The lowest BCUT2D eigenvalue weighted by Gasteiger charge is -2.37. The van der Waals surface area contributed by atoms with Gasteiger partial charge in [0, 0.05) is 0 Å². The third-order valence-electron chi connectivity index (χ3n) is 2.20. The number of rotatable bonds is 1. The highest BCUT2D eigenvalue weighted by Gasteiger charge is 2.38. The fraction of sp³-hybridized carbons (Fsp3) is 1.00. The Morgan fingerprint density at radius 3 is 2.25 bits per heavy atom. The van der Waals surface area contributed by atoms with Gasteiger partial charge in [-0.3, -0.25) is 0 Å². The molecule has 0 bridgehead atoms. The van der Waals surface area contributed by atoms with Crippen molar-refractivity contribution in [2.45, 2.75) is 38.3 Å². The van der Waals surface area contributed by atoms with Crippen molar-refractivity contribution >= 4 is 0 Å². The molecule has 72 valence electrons. The predicted octanol–water partition coefficient (Wildman–Crippen LogP) is -0.876. The smallest absolute Gasteiger partial charge is 0.111 e. The number of aliphatic hydroxyl groups excluding tert-OH is 3. The van der Waals surface area contributed by atoms with Crippen molar-refractivity contribution in [1.29, 1.82) is 0 Å². The van der Waals surface area contributed by atoms with Gasteiger partial charge < -0.3 is 20.1 Å². The summed E-state index contributed by atoms with van der Waals surface area (Å²) in [7, 11) is 0. The van der Waals surface area contributed by atoms with Gasteiger partial charge in [0.2, 0.25) is 0 Å². The van der Waals surface area contributed by atoms with Gasteiger partial charge in [-0.1, -0.05) is 13.8 Å². The lowest BCUT2D eigenvalue weighted by atomic mass is 9.93. The zero-order valence-electron chi connectivity index (χ0n) is 7.34. The maximum atomic E-state index is 9.44. The summed E-state index contributed by atoms with van der Waals surface area (Å²) in [5, 5.41) is 27.8. The van der Waals surface area contributed by atoms with Crippen molar-refractivity contribution in [3.63, 3.8) is 0 Å². The van der Waals surface area contributed by atoms with Crippen molar-refractivity contribution in [3.05, 3.63) is 0 Å². The molecular weight excluding hydrogens is 160 g/mol. The van der Waals surface area contributed by atoms with E-state index in [1.54, 1.807) is 0 Å². The molecule has 0 amide bonds. The van der Waals surface area contributed by atoms with E-state index in [4.69, 9.17) is 9.84 Å². The zero-order chi connectivity index (χ0) is 9.30. The molecule has 1 unspecified atom stereocenters. The highest BCUT2D eigenvalue weighted by molar-refractivity contribution is 4.87. The molecule has 12 heavy (non-hydrogen) atoms. The minimum atomic E-state index is -1.08. The topological polar surface area (TPSA) is 69.9 Å². The van der Waals surface area contributed by atoms with Gasteiger partial charge in [0.05, 0.1) is 12.7 Å². The van der Waals surface area contributed by atoms with Crippen LogP contribution in [0.25, 0.3) is 0 Å². The highest BCUT2D eigenvalue weighted by Crippen LogP contribution is 2.20. The van der Waals surface area contributed by atoms with Crippen LogP contribution in [0, 0.1) is 5.92 Å². The Bertz CT molecular complexity index is 148. The second-order valence-corrected chi connectivity index (χ2v) is 3.59. The van der Waals surface area contributed by atoms with E-state index in [1.165, 1.54) is 0 Å². The molecule has 0 aliphatic carbocycles. The van der Waals surface area contributed by atoms with Gasteiger partial charge in [0.25, 0.3) is 0 Å². The van der Waals surface area contributed by atoms with Crippen LogP contribution in [0.15, 0.2) is 0 Å². The first-order valence-electron chi connectivity index (χ1n) is 4.20. The van der Waals surface area contributed by atoms with Gasteiger partial charge in [-0.05, 0) is 5.92 Å². The molecule has 1 aliphatic rings. The Morgan fingerprint density at radius 2 is 1.75 bits per heavy atom. The summed E-state index contributed by atoms with van der Waals surface area (Å²) in [6.45, 7) is 3.90. The molecular formula is C8H16O4. The summed E-state index contributed by atoms with van der Waals surface area (Å²) in [5.74, 6) is 0.141. The van der Waals surface area contributed by atoms with Crippen LogP contribution in [-0.2, 0) is 4.74 Å². The predicted molar refractivity (Wildman–Crippen MR) is 42.6 cm³/mol. The fourth-order valence-corrected chi connectivity index (χ4v) is 1.42. The van der Waals surface area contributed by atoms with Crippen LogP contribution in [0.4, 0.5) is 0 Å². The molecule has 0 aromatic carbocycles. The molecule has 0 saturated carbocycles. The number of hydrogen-bond acceptors (Lipinski definition) is 4. The van der Waals surface area contributed by atoms with Crippen LogP contribution in [0.3, 0.4) is 0 Å². The van der Waals surface area contributed by atoms with Gasteiger partial charge in [0.1, 0.15) is 18.3 Å². The average molecular weight is 176 g/mol. The minimum Gasteiger partial charge on any atom is -0.388 e. The molecule has 1 saturated heterocycles. The number of hydrogen-bond donors (Lipinski definition) is 3. The third kappa shape index (κ3) is 1.77. The molecule has 1 heterocycles. The standard InChI is InChI=1S/C8H16O4/c1-4(2)8-7(11)6(10)5(9)3-12-8/h4-11H,3H2,1-2H3/t5-,6-,7?,8+/m1/s1. The van der Waals surface area contributed by atoms with Crippen molar-refractivity contribution in [1.82, 2.24) is 0 Å². The molecule has 4 atom stereocenters. The quantitative estimate of drug-likeness (QED) is 0.485. The van der Waals surface area contributed by atoms with E-state index in [2.05, 4.69) is 0 Å². The van der Waals surface area contributed by atoms with E-state index in [-0.39, 0.29) is 18.6 Å². The second-order valence-electron chi connectivity index (χ2n) is 3.59. The summed E-state index contributed by atoms with van der Waals surface area (Å²) in [6.07, 6.45) is -3.39. The lowest BCUT2D eigenvalue weighted by Crippen LogP contribution is -2.54. The van der Waals surface area contributed by atoms with Crippen LogP contribution in [0.1, 0.15) is 13.8 Å². The summed E-state index contributed by atoms with van der Waals surface area (Å²) < 4.78 is 5.17. The average Bonchev–Trinajstić information content (AvgIpc) is 2.00. The van der Waals surface area contributed by atoms with Gasteiger partial charge >= 0.3 is 0 Å². The van der Waals surface area contributed by atoms with E-state index in [1.807, 2.05) is 13.8 Å². The van der Waals surface area contributed by atoms with E-state index in [0.29, 0.717) is 0 Å². The molecule has 0 radical (unpaired) electrons. The summed E-state index contributed by atoms with van der Waals surface area (Å²) in [6, 6.07) is 0. The summed E-state index contributed by atoms with van der Waals surface area (Å²) >= 11 is 0. The summed E-state index contributed by atoms with van der Waals surface area (Å²) in [4.78, 5) is 0. The molecule has 0 spiro atoms. The fourth-order valence-electron chi connectivity index (χ4n) is 1.42. The Morgan fingerprint density at radius 1 is 1.17 bits per heavy atom. The van der Waals surface area contributed by atoms with Gasteiger partial charge in [-0.2, -0.15) is 0 Å². The normalized spacial score (nSPS) is 43.5. The Balaban J connectivity index is 2.58. The number of ether oxygens (including phenoxy) is 1. The van der Waals surface area contributed by atoms with Crippen LogP contribution in [-0.4, -0.2) is 46.3 Å². The SMILES string of the molecule is CC(C)[C@@H]1OC[C@@H](O)[C@@H](O)C1O. The lowest BCUT2D eigenvalue weighted by molar-refractivity contribution is -0.197. The zero-order valence-corrected chi connectivity index (χ0v) is 7.34. The van der Waals surface area contributed by atoms with Crippen LogP contribution in [0.5, 0.6) is 0 Å². The molecule has 1 aliphatic heterocycles. The van der Waals surface area contributed by atoms with Crippen molar-refractivity contribution in [2.24, 2.45) is 5.92 Å². The Hall–Kier alpha value is -0.160. The third-order valence-corrected chi connectivity index (χ3v) is 2.20. The van der Waals surface area contributed by atoms with Gasteiger partial charge in [0.15, 0.2) is 0 Å². The Kier molecular flexibility index (Phi) is 3.06. The monoisotopic (exact) mass is 176 g/mol. The van der Waals surface area contributed by atoms with E-state index in [9.17, 15) is 10.2 Å². The van der Waals surface area contributed by atoms with E-state index in [0.717, 1.165) is 0 Å². The van der Waals surface area contributed by atoms with Crippen LogP contribution >= 0.6 is 0 Å².